The van der Waals surface area contributed by atoms with Crippen molar-refractivity contribution in [2.75, 3.05) is 34.0 Å². The van der Waals surface area contributed by atoms with E-state index < -0.39 is 62.9 Å². The molecule has 1 aliphatic heterocycles. The van der Waals surface area contributed by atoms with Crippen molar-refractivity contribution in [1.29, 1.82) is 0 Å². The summed E-state index contributed by atoms with van der Waals surface area (Å²) in [5.74, 6) is -2.16. The summed E-state index contributed by atoms with van der Waals surface area (Å²) in [5.41, 5.74) is -0.860. The molecule has 1 saturated heterocycles. The van der Waals surface area contributed by atoms with Crippen LogP contribution in [0.15, 0.2) is 0 Å². The summed E-state index contributed by atoms with van der Waals surface area (Å²) in [6.45, 7) is 47.9. The highest BCUT2D eigenvalue weighted by Crippen LogP contribution is 2.51. The molecule has 1 heterocycles. The van der Waals surface area contributed by atoms with E-state index in [2.05, 4.69) is 135 Å². The molecule has 0 radical (unpaired) electrons. The number of hydrogen-bond donors (Lipinski definition) is 1. The minimum Gasteiger partial charge on any atom is -0.416 e. The number of hydrogen-bond acceptors (Lipinski definition) is 9. The summed E-state index contributed by atoms with van der Waals surface area (Å²) in [6.07, 6.45) is -1.86. The van der Waals surface area contributed by atoms with Crippen molar-refractivity contribution in [1.82, 2.24) is 5.06 Å². The molecule has 0 spiro atoms. The maximum atomic E-state index is 16.1. The van der Waals surface area contributed by atoms with Crippen molar-refractivity contribution in [2.24, 2.45) is 17.8 Å². The Morgan fingerprint density at radius 2 is 1.09 bits per heavy atom. The lowest BCUT2D eigenvalue weighted by atomic mass is 9.79. The van der Waals surface area contributed by atoms with Gasteiger partial charge >= 0.3 is 0 Å². The zero-order valence-corrected chi connectivity index (χ0v) is 44.0. The highest BCUT2D eigenvalue weighted by atomic mass is 28.4. The lowest BCUT2D eigenvalue weighted by Crippen LogP contribution is -2.57. The molecule has 1 aliphatic rings. The first-order valence-electron chi connectivity index (χ1n) is 20.5. The molecule has 1 N–H and O–H groups in total. The molecule has 0 aromatic carbocycles. The normalized spacial score (nSPS) is 22.2. The fraction of sp³-hybridized carbons (Fsp3) is 0.951. The molecular weight excluding hydrogens is 763 g/mol. The van der Waals surface area contributed by atoms with Crippen molar-refractivity contribution in [3.05, 3.63) is 0 Å². The molecule has 326 valence electrons. The van der Waals surface area contributed by atoms with E-state index in [0.717, 1.165) is 0 Å². The number of aliphatic hydroxyl groups is 1. The van der Waals surface area contributed by atoms with E-state index >= 15 is 4.79 Å². The van der Waals surface area contributed by atoms with Crippen molar-refractivity contribution in [2.45, 2.75) is 200 Å². The summed E-state index contributed by atoms with van der Waals surface area (Å²) in [7, 11) is -6.84. The van der Waals surface area contributed by atoms with Gasteiger partial charge in [-0.2, -0.15) is 0 Å². The van der Waals surface area contributed by atoms with E-state index in [-0.39, 0.29) is 70.1 Å². The first-order valence-corrected chi connectivity index (χ1v) is 32.1. The third-order valence-electron chi connectivity index (χ3n) is 14.1. The molecule has 0 aliphatic carbocycles. The molecule has 10 nitrogen and oxygen atoms in total. The molecule has 7 atom stereocenters. The molecule has 1 rings (SSSR count). The maximum absolute atomic E-state index is 16.1. The quantitative estimate of drug-likeness (QED) is 0.0726. The van der Waals surface area contributed by atoms with Crippen LogP contribution in [0.25, 0.3) is 0 Å². The van der Waals surface area contributed by atoms with E-state index in [9.17, 15) is 9.90 Å². The van der Waals surface area contributed by atoms with Gasteiger partial charge in [0.05, 0.1) is 43.7 Å². The Labute approximate surface area is 342 Å². The van der Waals surface area contributed by atoms with Gasteiger partial charge in [-0.3, -0.25) is 14.4 Å². The smallest absolute Gasteiger partial charge is 0.248 e. The van der Waals surface area contributed by atoms with Crippen LogP contribution in [0.4, 0.5) is 0 Å². The molecule has 0 saturated carbocycles. The van der Waals surface area contributed by atoms with Crippen LogP contribution >= 0.6 is 0 Å². The number of rotatable bonds is 20. The lowest BCUT2D eigenvalue weighted by molar-refractivity contribution is -0.171. The van der Waals surface area contributed by atoms with Gasteiger partial charge in [0, 0.05) is 32.8 Å². The molecule has 1 amide bonds. The lowest BCUT2D eigenvalue weighted by Gasteiger charge is -2.46. The molecule has 0 aromatic rings. The maximum Gasteiger partial charge on any atom is 0.248 e. The fourth-order valence-corrected chi connectivity index (χ4v) is 10.4. The van der Waals surface area contributed by atoms with Gasteiger partial charge < -0.3 is 27.5 Å². The van der Waals surface area contributed by atoms with E-state index in [1.807, 2.05) is 13.8 Å². The second-order valence-electron chi connectivity index (χ2n) is 22.6. The van der Waals surface area contributed by atoms with Crippen LogP contribution in [0.1, 0.15) is 103 Å². The number of Topliss-reactive ketones (excluding diaryl/α,β-unsaturated/α-hetero) is 1. The monoisotopic (exact) mass is 850 g/mol. The number of amides is 1. The number of hydroxylamine groups is 2. The molecule has 0 bridgehead atoms. The highest BCUT2D eigenvalue weighted by Gasteiger charge is 2.65. The number of aliphatic hydroxyl groups excluding tert-OH is 1. The molecule has 0 aromatic heterocycles. The molecular formula is C41H87NO9Si4. The van der Waals surface area contributed by atoms with Crippen molar-refractivity contribution >= 4 is 45.0 Å². The number of nitrogens with zero attached hydrogens (tertiary/aromatic N) is 1. The topological polar surface area (TPSA) is 116 Å². The van der Waals surface area contributed by atoms with E-state index in [0.29, 0.717) is 0 Å². The van der Waals surface area contributed by atoms with Gasteiger partial charge in [0.15, 0.2) is 33.3 Å². The van der Waals surface area contributed by atoms with Gasteiger partial charge in [-0.05, 0) is 79.5 Å². The Morgan fingerprint density at radius 1 is 0.709 bits per heavy atom. The van der Waals surface area contributed by atoms with E-state index in [1.165, 1.54) is 12.2 Å². The van der Waals surface area contributed by atoms with Crippen LogP contribution in [0.2, 0.25) is 72.5 Å². The fourth-order valence-electron chi connectivity index (χ4n) is 5.56. The van der Waals surface area contributed by atoms with E-state index in [1.54, 1.807) is 7.05 Å². The molecule has 1 fully saturated rings. The predicted molar refractivity (Wildman–Crippen MR) is 236 cm³/mol. The zero-order valence-electron chi connectivity index (χ0n) is 40.0. The summed E-state index contributed by atoms with van der Waals surface area (Å²) < 4.78 is 35.1. The summed E-state index contributed by atoms with van der Waals surface area (Å²) in [5, 5.41) is 10.9. The van der Waals surface area contributed by atoms with Gasteiger partial charge in [0.25, 0.3) is 0 Å². The first-order chi connectivity index (χ1) is 24.2. The van der Waals surface area contributed by atoms with Crippen LogP contribution in [-0.2, 0) is 36.9 Å². The first kappa shape index (κ1) is 52.7. The van der Waals surface area contributed by atoms with Crippen LogP contribution in [0.3, 0.4) is 0 Å². The van der Waals surface area contributed by atoms with Crippen LogP contribution in [0, 0.1) is 17.8 Å². The summed E-state index contributed by atoms with van der Waals surface area (Å²) >= 11 is 0. The van der Waals surface area contributed by atoms with Crippen LogP contribution < -0.4 is 0 Å². The zero-order chi connectivity index (χ0) is 43.8. The van der Waals surface area contributed by atoms with Gasteiger partial charge in [-0.1, -0.05) is 90.0 Å². The van der Waals surface area contributed by atoms with Crippen LogP contribution in [0.5, 0.6) is 0 Å². The van der Waals surface area contributed by atoms with E-state index in [4.69, 9.17) is 27.3 Å². The summed E-state index contributed by atoms with van der Waals surface area (Å²) in [4.78, 5) is 35.2. The van der Waals surface area contributed by atoms with Crippen molar-refractivity contribution < 1.29 is 42.0 Å². The second kappa shape index (κ2) is 18.1. The standard InChI is InChI=1S/C41H87NO9Si4/c1-29(26-43)35-41(14,49-35)36(51-55(23,24)40(11,12)13)31(28-48-53(19,20)38(5,6)7)34(45)30(27-47-52(17,18)37(2,3)4)32(25-33(44)42(15)46-16)50-54(21,22)39(8,9)10/h29-32,35-36,43H,25-28H2,1-24H3/t29-,30-,31-,32+,35+,36-,41?/m0/s1. The Kier molecular flexibility index (Phi) is 17.4. The third-order valence-corrected chi connectivity index (χ3v) is 32.1. The highest BCUT2D eigenvalue weighted by molar-refractivity contribution is 6.75. The number of carbonyl (C=O) groups is 2. The number of ether oxygens (including phenoxy) is 1. The van der Waals surface area contributed by atoms with Gasteiger partial charge in [-0.15, -0.1) is 0 Å². The minimum absolute atomic E-state index is 0.0489. The molecule has 1 unspecified atom stereocenters. The largest absolute Gasteiger partial charge is 0.416 e. The Balaban J connectivity index is 4.29. The van der Waals surface area contributed by atoms with Crippen molar-refractivity contribution in [3.8, 4) is 0 Å². The average Bonchev–Trinajstić information content (AvgIpc) is 3.69. The Morgan fingerprint density at radius 3 is 1.45 bits per heavy atom. The minimum atomic E-state index is -2.56. The number of ketones is 1. The third kappa shape index (κ3) is 13.1. The Bertz CT molecular complexity index is 1280. The van der Waals surface area contributed by atoms with Gasteiger partial charge in [0.2, 0.25) is 5.91 Å². The van der Waals surface area contributed by atoms with Gasteiger partial charge in [0.1, 0.15) is 11.4 Å². The molecule has 14 heteroatoms. The van der Waals surface area contributed by atoms with Gasteiger partial charge in [-0.25, -0.2) is 5.06 Å². The second-order valence-corrected chi connectivity index (χ2v) is 41.8. The average molecular weight is 850 g/mol. The SMILES string of the molecule is CON(C)C(=O)C[C@@H](O[Si](C)(C)C(C)(C)C)[C@H](CO[Si](C)(C)C(C)(C)C)C(=O)[C@H](CO[Si](C)(C)C(C)(C)C)[C@H](O[Si](C)(C)C(C)(C)C)C1(C)O[C@@H]1[C@@H](C)CO. The number of epoxide rings is 1. The molecule has 55 heavy (non-hydrogen) atoms. The van der Waals surface area contributed by atoms with Crippen molar-refractivity contribution in [3.63, 3.8) is 0 Å². The Hall–Kier alpha value is -0.272. The summed E-state index contributed by atoms with van der Waals surface area (Å²) in [6, 6.07) is 0. The number of carbonyl (C=O) groups excluding carboxylic acids is 2. The predicted octanol–water partition coefficient (Wildman–Crippen LogP) is 9.81. The van der Waals surface area contributed by atoms with Crippen LogP contribution in [-0.4, -0.2) is 113 Å².